The number of hydrogen-bond donors (Lipinski definition) is 1. The molecule has 0 spiro atoms. The van der Waals surface area contributed by atoms with E-state index in [1.54, 1.807) is 17.0 Å². The van der Waals surface area contributed by atoms with Crippen molar-refractivity contribution in [2.45, 2.75) is 26.8 Å². The van der Waals surface area contributed by atoms with E-state index in [4.69, 9.17) is 0 Å². The normalized spacial score (nSPS) is 10.4. The van der Waals surface area contributed by atoms with Gasteiger partial charge in [-0.1, -0.05) is 0 Å². The fraction of sp³-hybridized carbons (Fsp3) is 0.429. The molecule has 0 atom stereocenters. The van der Waals surface area contributed by atoms with E-state index in [0.717, 1.165) is 3.57 Å². The molecule has 0 aliphatic heterocycles. The summed E-state index contributed by atoms with van der Waals surface area (Å²) in [7, 11) is 0. The molecule has 1 aromatic carbocycles. The van der Waals surface area contributed by atoms with E-state index in [1.165, 1.54) is 0 Å². The van der Waals surface area contributed by atoms with Crippen LogP contribution in [-0.2, 0) is 4.79 Å². The number of halogens is 1. The van der Waals surface area contributed by atoms with Gasteiger partial charge in [-0.25, -0.2) is 0 Å². The first kappa shape index (κ1) is 15.9. The zero-order valence-electron chi connectivity index (χ0n) is 11.4. The average molecular weight is 374 g/mol. The highest BCUT2D eigenvalue weighted by molar-refractivity contribution is 14.1. The van der Waals surface area contributed by atoms with E-state index < -0.39 is 0 Å². The number of likely N-dealkylation sites (N-methyl/N-ethyl adjacent to an activating group) is 1. The van der Waals surface area contributed by atoms with Gasteiger partial charge in [0.2, 0.25) is 5.91 Å². The summed E-state index contributed by atoms with van der Waals surface area (Å²) in [6.07, 6.45) is 0. The average Bonchev–Trinajstić information content (AvgIpc) is 2.35. The number of nitrogens with zero attached hydrogens (tertiary/aromatic N) is 1. The van der Waals surface area contributed by atoms with Crippen LogP contribution in [-0.4, -0.2) is 35.8 Å². The van der Waals surface area contributed by atoms with E-state index >= 15 is 0 Å². The number of nitrogens with one attached hydrogen (secondary N) is 1. The zero-order valence-corrected chi connectivity index (χ0v) is 13.6. The van der Waals surface area contributed by atoms with Gasteiger partial charge in [0, 0.05) is 21.7 Å². The number of amides is 2. The van der Waals surface area contributed by atoms with Gasteiger partial charge in [0.1, 0.15) is 0 Å². The van der Waals surface area contributed by atoms with Crippen LogP contribution < -0.4 is 5.32 Å². The predicted molar refractivity (Wildman–Crippen MR) is 84.0 cm³/mol. The molecule has 104 valence electrons. The van der Waals surface area contributed by atoms with E-state index in [9.17, 15) is 9.59 Å². The van der Waals surface area contributed by atoms with Gasteiger partial charge in [-0.15, -0.1) is 0 Å². The first-order chi connectivity index (χ1) is 8.93. The largest absolute Gasteiger partial charge is 0.352 e. The van der Waals surface area contributed by atoms with Crippen LogP contribution in [0.4, 0.5) is 0 Å². The van der Waals surface area contributed by atoms with Crippen molar-refractivity contribution in [3.8, 4) is 0 Å². The monoisotopic (exact) mass is 374 g/mol. The lowest BCUT2D eigenvalue weighted by molar-refractivity contribution is -0.122. The Morgan fingerprint density at radius 3 is 2.32 bits per heavy atom. The lowest BCUT2D eigenvalue weighted by Crippen LogP contribution is -2.42. The van der Waals surface area contributed by atoms with Gasteiger partial charge < -0.3 is 10.2 Å². The van der Waals surface area contributed by atoms with E-state index in [1.807, 2.05) is 32.9 Å². The topological polar surface area (TPSA) is 49.4 Å². The van der Waals surface area contributed by atoms with Crippen molar-refractivity contribution in [3.05, 3.63) is 33.4 Å². The molecule has 2 amide bonds. The van der Waals surface area contributed by atoms with Gasteiger partial charge in [-0.05, 0) is 67.6 Å². The highest BCUT2D eigenvalue weighted by Gasteiger charge is 2.17. The minimum absolute atomic E-state index is 0.0830. The van der Waals surface area contributed by atoms with Gasteiger partial charge in [-0.3, -0.25) is 9.59 Å². The Labute approximate surface area is 127 Å². The Morgan fingerprint density at radius 2 is 1.84 bits per heavy atom. The number of benzene rings is 1. The van der Waals surface area contributed by atoms with Gasteiger partial charge in [-0.2, -0.15) is 0 Å². The summed E-state index contributed by atoms with van der Waals surface area (Å²) >= 11 is 2.19. The molecule has 5 heteroatoms. The van der Waals surface area contributed by atoms with Crippen LogP contribution in [0.2, 0.25) is 0 Å². The second kappa shape index (κ2) is 7.47. The third kappa shape index (κ3) is 5.18. The number of rotatable bonds is 5. The van der Waals surface area contributed by atoms with Crippen LogP contribution in [0.25, 0.3) is 0 Å². The number of hydrogen-bond acceptors (Lipinski definition) is 2. The first-order valence-electron chi connectivity index (χ1n) is 6.28. The standard InChI is InChI=1S/C14H19IN2O2/c1-4-17(9-13(18)16-10(2)3)14(19)11-5-7-12(15)8-6-11/h5-8,10H,4,9H2,1-3H3,(H,16,18). The number of carbonyl (C=O) groups is 2. The zero-order chi connectivity index (χ0) is 14.4. The van der Waals surface area contributed by atoms with Crippen LogP contribution >= 0.6 is 22.6 Å². The Balaban J connectivity index is 2.71. The minimum Gasteiger partial charge on any atom is -0.352 e. The van der Waals surface area contributed by atoms with Gasteiger partial charge in [0.15, 0.2) is 0 Å². The molecule has 19 heavy (non-hydrogen) atoms. The molecule has 0 aliphatic carbocycles. The molecule has 4 nitrogen and oxygen atoms in total. The maximum atomic E-state index is 12.3. The van der Waals surface area contributed by atoms with Gasteiger partial charge in [0.05, 0.1) is 6.54 Å². The van der Waals surface area contributed by atoms with Crippen LogP contribution in [0.1, 0.15) is 31.1 Å². The molecule has 1 rings (SSSR count). The van der Waals surface area contributed by atoms with Crippen LogP contribution in [0.15, 0.2) is 24.3 Å². The van der Waals surface area contributed by atoms with E-state index in [0.29, 0.717) is 12.1 Å². The van der Waals surface area contributed by atoms with Crippen LogP contribution in [0, 0.1) is 3.57 Å². The summed E-state index contributed by atoms with van der Waals surface area (Å²) < 4.78 is 1.08. The predicted octanol–water partition coefficient (Wildman–Crippen LogP) is 2.28. The van der Waals surface area contributed by atoms with Crippen molar-refractivity contribution in [1.29, 1.82) is 0 Å². The molecule has 0 bridgehead atoms. The molecular formula is C14H19IN2O2. The summed E-state index contributed by atoms with van der Waals surface area (Å²) in [6.45, 7) is 6.27. The molecule has 1 N–H and O–H groups in total. The maximum absolute atomic E-state index is 12.3. The molecule has 0 unspecified atom stereocenters. The summed E-state index contributed by atoms with van der Waals surface area (Å²) in [4.78, 5) is 25.5. The second-order valence-corrected chi connectivity index (χ2v) is 5.79. The number of carbonyl (C=O) groups excluding carboxylic acids is 2. The van der Waals surface area contributed by atoms with Crippen LogP contribution in [0.5, 0.6) is 0 Å². The Kier molecular flexibility index (Phi) is 6.27. The molecule has 0 aromatic heterocycles. The maximum Gasteiger partial charge on any atom is 0.254 e. The van der Waals surface area contributed by atoms with Crippen molar-refractivity contribution < 1.29 is 9.59 Å². The SMILES string of the molecule is CCN(CC(=O)NC(C)C)C(=O)c1ccc(I)cc1. The van der Waals surface area contributed by atoms with Crippen molar-refractivity contribution >= 4 is 34.4 Å². The van der Waals surface area contributed by atoms with Crippen LogP contribution in [0.3, 0.4) is 0 Å². The van der Waals surface area contributed by atoms with Crippen molar-refractivity contribution in [2.75, 3.05) is 13.1 Å². The quantitative estimate of drug-likeness (QED) is 0.804. The molecular weight excluding hydrogens is 355 g/mol. The molecule has 0 aliphatic rings. The Morgan fingerprint density at radius 1 is 1.26 bits per heavy atom. The first-order valence-corrected chi connectivity index (χ1v) is 7.36. The molecule has 0 radical (unpaired) electrons. The summed E-state index contributed by atoms with van der Waals surface area (Å²) in [6, 6.07) is 7.42. The van der Waals surface area contributed by atoms with E-state index in [-0.39, 0.29) is 24.4 Å². The second-order valence-electron chi connectivity index (χ2n) is 4.55. The highest BCUT2D eigenvalue weighted by atomic mass is 127. The molecule has 0 fully saturated rings. The summed E-state index contributed by atoms with van der Waals surface area (Å²) in [5, 5.41) is 2.79. The van der Waals surface area contributed by atoms with Crippen molar-refractivity contribution in [2.24, 2.45) is 0 Å². The summed E-state index contributed by atoms with van der Waals surface area (Å²) in [5.74, 6) is -0.242. The van der Waals surface area contributed by atoms with Gasteiger partial charge >= 0.3 is 0 Å². The lowest BCUT2D eigenvalue weighted by Gasteiger charge is -2.21. The van der Waals surface area contributed by atoms with E-state index in [2.05, 4.69) is 27.9 Å². The third-order valence-corrected chi connectivity index (χ3v) is 3.26. The van der Waals surface area contributed by atoms with Gasteiger partial charge in [0.25, 0.3) is 5.91 Å². The molecule has 0 heterocycles. The summed E-state index contributed by atoms with van der Waals surface area (Å²) in [5.41, 5.74) is 0.611. The third-order valence-electron chi connectivity index (χ3n) is 2.54. The van der Waals surface area contributed by atoms with Crippen molar-refractivity contribution in [1.82, 2.24) is 10.2 Å². The lowest BCUT2D eigenvalue weighted by atomic mass is 10.2. The fourth-order valence-corrected chi connectivity index (χ4v) is 2.00. The smallest absolute Gasteiger partial charge is 0.254 e. The Bertz CT molecular complexity index is 443. The molecule has 0 saturated heterocycles. The minimum atomic E-state index is -0.129. The highest BCUT2D eigenvalue weighted by Crippen LogP contribution is 2.09. The fourth-order valence-electron chi connectivity index (χ4n) is 1.64. The Hall–Kier alpha value is -1.11. The molecule has 1 aromatic rings. The molecule has 0 saturated carbocycles. The van der Waals surface area contributed by atoms with Crippen molar-refractivity contribution in [3.63, 3.8) is 0 Å².